The molecule has 2 aromatic carbocycles. The van der Waals surface area contributed by atoms with Crippen molar-refractivity contribution in [1.82, 2.24) is 10.3 Å². The molecule has 0 amide bonds. The number of hydrogen-bond acceptors (Lipinski definition) is 4. The van der Waals surface area contributed by atoms with Gasteiger partial charge in [0.15, 0.2) is 5.96 Å². The summed E-state index contributed by atoms with van der Waals surface area (Å²) < 4.78 is 43.5. The fourth-order valence-corrected chi connectivity index (χ4v) is 2.91. The monoisotopic (exact) mass is 458 g/mol. The van der Waals surface area contributed by atoms with E-state index >= 15 is 0 Å². The summed E-state index contributed by atoms with van der Waals surface area (Å²) in [6.07, 6.45) is -2.90. The summed E-state index contributed by atoms with van der Waals surface area (Å²) in [6.45, 7) is -0.135. The molecule has 0 fully saturated rings. The molecule has 0 bridgehead atoms. The number of aromatic nitrogens is 1. The van der Waals surface area contributed by atoms with Crippen LogP contribution >= 0.6 is 0 Å². The first-order valence-electron chi connectivity index (χ1n) is 9.79. The third-order valence-electron chi connectivity index (χ3n) is 4.56. The van der Waals surface area contributed by atoms with E-state index in [4.69, 9.17) is 9.84 Å². The number of methoxy groups -OCH3 is 1. The number of carbonyl (C=O) groups is 1. The number of para-hydroxylation sites is 1. The van der Waals surface area contributed by atoms with Crippen molar-refractivity contribution in [2.45, 2.75) is 12.7 Å². The first-order chi connectivity index (χ1) is 15.8. The Bertz CT molecular complexity index is 1120. The number of nitrogens with zero attached hydrogens (tertiary/aromatic N) is 2. The predicted octanol–water partition coefficient (Wildman–Crippen LogP) is 4.42. The molecule has 1 aromatic heterocycles. The number of rotatable bonds is 7. The Kier molecular flexibility index (Phi) is 7.50. The number of pyridine rings is 1. The lowest BCUT2D eigenvalue weighted by Gasteiger charge is -2.12. The van der Waals surface area contributed by atoms with Gasteiger partial charge in [0, 0.05) is 17.3 Å². The Morgan fingerprint density at radius 3 is 2.36 bits per heavy atom. The Morgan fingerprint density at radius 1 is 1.06 bits per heavy atom. The third kappa shape index (κ3) is 6.70. The quantitative estimate of drug-likeness (QED) is 0.358. The number of ether oxygens (including phenoxy) is 1. The number of halogens is 3. The fraction of sp³-hybridized carbons (Fsp3) is 0.174. The topological polar surface area (TPSA) is 95.8 Å². The molecule has 3 N–H and O–H groups in total. The molecule has 172 valence electrons. The second-order valence-corrected chi connectivity index (χ2v) is 6.86. The smallest absolute Gasteiger partial charge is 0.416 e. The Labute approximate surface area is 188 Å². The summed E-state index contributed by atoms with van der Waals surface area (Å²) in [6, 6.07) is 15.4. The summed E-state index contributed by atoms with van der Waals surface area (Å²) in [5.74, 6) is 0.158. The maximum absolute atomic E-state index is 12.7. The van der Waals surface area contributed by atoms with Gasteiger partial charge in [-0.1, -0.05) is 30.3 Å². The number of nitrogens with one attached hydrogen (secondary N) is 2. The van der Waals surface area contributed by atoms with E-state index in [-0.39, 0.29) is 19.0 Å². The van der Waals surface area contributed by atoms with Gasteiger partial charge in [0.1, 0.15) is 18.1 Å². The minimum atomic E-state index is -4.40. The molecule has 0 aliphatic rings. The molecule has 0 spiro atoms. The lowest BCUT2D eigenvalue weighted by atomic mass is 10.1. The molecule has 7 nitrogen and oxygen atoms in total. The van der Waals surface area contributed by atoms with Crippen LogP contribution in [0.25, 0.3) is 11.1 Å². The lowest BCUT2D eigenvalue weighted by Crippen LogP contribution is -2.35. The van der Waals surface area contributed by atoms with E-state index in [1.807, 2.05) is 18.2 Å². The van der Waals surface area contributed by atoms with Crippen molar-refractivity contribution >= 4 is 17.7 Å². The fourth-order valence-electron chi connectivity index (χ4n) is 2.91. The minimum Gasteiger partial charge on any atom is -0.496 e. The van der Waals surface area contributed by atoms with Crippen molar-refractivity contribution in [3.63, 3.8) is 0 Å². The van der Waals surface area contributed by atoms with Crippen LogP contribution in [0.4, 0.5) is 19.0 Å². The van der Waals surface area contributed by atoms with Crippen molar-refractivity contribution in [3.8, 4) is 16.9 Å². The van der Waals surface area contributed by atoms with Gasteiger partial charge in [-0.3, -0.25) is 4.79 Å². The molecule has 0 saturated carbocycles. The number of benzene rings is 2. The number of carboxylic acids is 1. The number of aliphatic imine (C=N–C) groups is 1. The highest BCUT2D eigenvalue weighted by molar-refractivity contribution is 5.94. The molecular formula is C23H21F3N4O3. The van der Waals surface area contributed by atoms with E-state index in [2.05, 4.69) is 20.6 Å². The summed E-state index contributed by atoms with van der Waals surface area (Å²) in [4.78, 5) is 19.6. The molecule has 0 atom stereocenters. The standard InChI is InChI=1S/C23H21F3N4O3/c1-33-19-5-3-2-4-17(19)13-28-22(29-14-21(31)32)30-20-11-8-16(12-27-20)15-6-9-18(10-7-15)23(24,25)26/h2-12H,13-14H2,1H3,(H,31,32)(H2,27,28,29,30). The van der Waals surface area contributed by atoms with Crippen LogP contribution in [-0.2, 0) is 17.5 Å². The zero-order chi connectivity index (χ0) is 23.8. The number of guanidine groups is 1. The summed E-state index contributed by atoms with van der Waals surface area (Å²) in [5.41, 5.74) is 1.29. The highest BCUT2D eigenvalue weighted by Gasteiger charge is 2.29. The maximum atomic E-state index is 12.7. The highest BCUT2D eigenvalue weighted by Crippen LogP contribution is 2.31. The molecule has 0 radical (unpaired) electrons. The van der Waals surface area contributed by atoms with Gasteiger partial charge >= 0.3 is 12.1 Å². The predicted molar refractivity (Wildman–Crippen MR) is 118 cm³/mol. The first kappa shape index (κ1) is 23.6. The van der Waals surface area contributed by atoms with Crippen molar-refractivity contribution < 1.29 is 27.8 Å². The highest BCUT2D eigenvalue weighted by atomic mass is 19.4. The first-order valence-corrected chi connectivity index (χ1v) is 9.79. The average molecular weight is 458 g/mol. The van der Waals surface area contributed by atoms with Crippen molar-refractivity contribution in [2.24, 2.45) is 4.99 Å². The molecular weight excluding hydrogens is 437 g/mol. The van der Waals surface area contributed by atoms with Crippen molar-refractivity contribution in [3.05, 3.63) is 78.0 Å². The summed E-state index contributed by atoms with van der Waals surface area (Å²) in [7, 11) is 1.55. The normalized spacial score (nSPS) is 11.7. The lowest BCUT2D eigenvalue weighted by molar-refractivity contribution is -0.137. The largest absolute Gasteiger partial charge is 0.496 e. The van der Waals surface area contributed by atoms with E-state index in [0.29, 0.717) is 22.7 Å². The van der Waals surface area contributed by atoms with Gasteiger partial charge in [0.2, 0.25) is 0 Å². The Balaban J connectivity index is 1.75. The second kappa shape index (κ2) is 10.5. The molecule has 33 heavy (non-hydrogen) atoms. The minimum absolute atomic E-state index is 0.193. The average Bonchev–Trinajstić information content (AvgIpc) is 2.81. The van der Waals surface area contributed by atoms with Gasteiger partial charge < -0.3 is 20.5 Å². The van der Waals surface area contributed by atoms with Gasteiger partial charge in [0.25, 0.3) is 0 Å². The molecule has 10 heteroatoms. The van der Waals surface area contributed by atoms with Crippen molar-refractivity contribution in [2.75, 3.05) is 19.0 Å². The molecule has 0 aliphatic carbocycles. The number of anilines is 1. The van der Waals surface area contributed by atoms with Crippen molar-refractivity contribution in [1.29, 1.82) is 0 Å². The van der Waals surface area contributed by atoms with Crippen LogP contribution in [0.3, 0.4) is 0 Å². The Morgan fingerprint density at radius 2 is 1.76 bits per heavy atom. The third-order valence-corrected chi connectivity index (χ3v) is 4.56. The van der Waals surface area contributed by atoms with E-state index in [0.717, 1.165) is 17.7 Å². The molecule has 3 aromatic rings. The zero-order valence-electron chi connectivity index (χ0n) is 17.6. The molecule has 3 rings (SSSR count). The van der Waals surface area contributed by atoms with E-state index in [9.17, 15) is 18.0 Å². The summed E-state index contributed by atoms with van der Waals surface area (Å²) >= 11 is 0. The van der Waals surface area contributed by atoms with Crippen LogP contribution in [0.15, 0.2) is 71.9 Å². The molecule has 1 heterocycles. The van der Waals surface area contributed by atoms with E-state index in [1.54, 1.807) is 25.3 Å². The van der Waals surface area contributed by atoms with Crippen LogP contribution in [-0.4, -0.2) is 35.7 Å². The zero-order valence-corrected chi connectivity index (χ0v) is 17.6. The van der Waals surface area contributed by atoms with Gasteiger partial charge in [-0.25, -0.2) is 9.98 Å². The molecule has 0 aliphatic heterocycles. The second-order valence-electron chi connectivity index (χ2n) is 6.86. The van der Waals surface area contributed by atoms with Crippen LogP contribution in [0.5, 0.6) is 5.75 Å². The molecule has 0 unspecified atom stereocenters. The van der Waals surface area contributed by atoms with Crippen LogP contribution < -0.4 is 15.4 Å². The molecule has 0 saturated heterocycles. The van der Waals surface area contributed by atoms with Crippen LogP contribution in [0, 0.1) is 0 Å². The number of alkyl halides is 3. The van der Waals surface area contributed by atoms with Gasteiger partial charge in [-0.05, 0) is 35.9 Å². The van der Waals surface area contributed by atoms with E-state index < -0.39 is 17.7 Å². The Hall–Kier alpha value is -4.08. The van der Waals surface area contributed by atoms with Crippen LogP contribution in [0.2, 0.25) is 0 Å². The van der Waals surface area contributed by atoms with E-state index in [1.165, 1.54) is 18.3 Å². The van der Waals surface area contributed by atoms with Gasteiger partial charge in [0.05, 0.1) is 19.2 Å². The SMILES string of the molecule is COc1ccccc1CN=C(NCC(=O)O)Nc1ccc(-c2ccc(C(F)(F)F)cc2)cn1. The summed E-state index contributed by atoms with van der Waals surface area (Å²) in [5, 5.41) is 14.6. The number of carboxylic acid groups (broad SMARTS) is 1. The van der Waals surface area contributed by atoms with Crippen LogP contribution in [0.1, 0.15) is 11.1 Å². The number of aliphatic carboxylic acids is 1. The number of hydrogen-bond donors (Lipinski definition) is 3. The van der Waals surface area contributed by atoms with Gasteiger partial charge in [-0.2, -0.15) is 13.2 Å². The van der Waals surface area contributed by atoms with Gasteiger partial charge in [-0.15, -0.1) is 0 Å². The maximum Gasteiger partial charge on any atom is 0.416 e.